The van der Waals surface area contributed by atoms with Crippen LogP contribution >= 0.6 is 12.4 Å². The highest BCUT2D eigenvalue weighted by Gasteiger charge is 2.57. The van der Waals surface area contributed by atoms with E-state index < -0.39 is 0 Å². The quantitative estimate of drug-likeness (QED) is 0.783. The van der Waals surface area contributed by atoms with E-state index in [9.17, 15) is 4.79 Å². The minimum atomic E-state index is 0. The number of carbonyl (C=O) groups excluding carboxylic acids is 1. The molecule has 1 heterocycles. The predicted molar refractivity (Wildman–Crippen MR) is 110 cm³/mol. The van der Waals surface area contributed by atoms with E-state index in [1.54, 1.807) is 0 Å². The van der Waals surface area contributed by atoms with Gasteiger partial charge in [0.1, 0.15) is 0 Å². The maximum absolute atomic E-state index is 12.5. The monoisotopic (exact) mass is 386 g/mol. The van der Waals surface area contributed by atoms with Crippen LogP contribution in [0.25, 0.3) is 0 Å². The van der Waals surface area contributed by atoms with Gasteiger partial charge in [-0.25, -0.2) is 0 Å². The number of rotatable bonds is 6. The van der Waals surface area contributed by atoms with Crippen LogP contribution < -0.4 is 10.6 Å². The summed E-state index contributed by atoms with van der Waals surface area (Å²) in [5.74, 6) is 0.374. The number of piperidine rings is 1. The second kappa shape index (κ2) is 8.87. The van der Waals surface area contributed by atoms with Gasteiger partial charge < -0.3 is 15.4 Å². The SMILES string of the molecule is Cl.O=C(Nc1ccc(COCc2ccccc2)cc1)C1CC12CCNCC2. The molecule has 1 saturated heterocycles. The Labute approximate surface area is 167 Å². The van der Waals surface area contributed by atoms with E-state index in [0.29, 0.717) is 13.2 Å². The lowest BCUT2D eigenvalue weighted by molar-refractivity contribution is -0.118. The van der Waals surface area contributed by atoms with Crippen LogP contribution in [0.1, 0.15) is 30.4 Å². The van der Waals surface area contributed by atoms with Gasteiger partial charge in [-0.1, -0.05) is 42.5 Å². The molecule has 1 atom stereocenters. The van der Waals surface area contributed by atoms with Crippen LogP contribution in [0, 0.1) is 11.3 Å². The number of hydrogen-bond acceptors (Lipinski definition) is 3. The number of amides is 1. The van der Waals surface area contributed by atoms with Crippen molar-refractivity contribution in [2.45, 2.75) is 32.5 Å². The lowest BCUT2D eigenvalue weighted by Crippen LogP contribution is -2.31. The first-order chi connectivity index (χ1) is 12.8. The molecule has 0 aromatic heterocycles. The van der Waals surface area contributed by atoms with Crippen molar-refractivity contribution in [2.24, 2.45) is 11.3 Å². The molecule has 4 rings (SSSR count). The van der Waals surface area contributed by atoms with Gasteiger partial charge in [-0.05, 0) is 61.0 Å². The van der Waals surface area contributed by atoms with E-state index >= 15 is 0 Å². The molecule has 4 nitrogen and oxygen atoms in total. The fraction of sp³-hybridized carbons (Fsp3) is 0.409. The lowest BCUT2D eigenvalue weighted by atomic mass is 9.92. The molecule has 1 spiro atoms. The van der Waals surface area contributed by atoms with Gasteiger partial charge in [0.2, 0.25) is 5.91 Å². The van der Waals surface area contributed by atoms with Gasteiger partial charge in [0.15, 0.2) is 0 Å². The highest BCUT2D eigenvalue weighted by molar-refractivity contribution is 5.95. The Bertz CT molecular complexity index is 743. The van der Waals surface area contributed by atoms with Crippen LogP contribution in [-0.2, 0) is 22.7 Å². The van der Waals surface area contributed by atoms with Crippen molar-refractivity contribution < 1.29 is 9.53 Å². The predicted octanol–water partition coefficient (Wildman–Crippen LogP) is 4.15. The standard InChI is InChI=1S/C22H26N2O2.ClH/c25-21(20-14-22(20)10-12-23-13-11-22)24-19-8-6-18(7-9-19)16-26-15-17-4-2-1-3-5-17;/h1-9,20,23H,10-16H2,(H,24,25);1H. The Hall–Kier alpha value is -1.88. The van der Waals surface area contributed by atoms with Gasteiger partial charge >= 0.3 is 0 Å². The third-order valence-electron chi connectivity index (χ3n) is 5.71. The van der Waals surface area contributed by atoms with Gasteiger partial charge in [-0.15, -0.1) is 12.4 Å². The summed E-state index contributed by atoms with van der Waals surface area (Å²) in [6.07, 6.45) is 3.30. The summed E-state index contributed by atoms with van der Waals surface area (Å²) in [5, 5.41) is 6.46. The smallest absolute Gasteiger partial charge is 0.228 e. The summed E-state index contributed by atoms with van der Waals surface area (Å²) < 4.78 is 5.76. The van der Waals surface area contributed by atoms with E-state index in [1.165, 1.54) is 5.56 Å². The van der Waals surface area contributed by atoms with Crippen LogP contribution in [0.5, 0.6) is 0 Å². The molecule has 1 unspecified atom stereocenters. The van der Waals surface area contributed by atoms with Gasteiger partial charge in [-0.2, -0.15) is 0 Å². The molecule has 2 aromatic rings. The third-order valence-corrected chi connectivity index (χ3v) is 5.71. The first-order valence-electron chi connectivity index (χ1n) is 9.47. The first-order valence-corrected chi connectivity index (χ1v) is 9.47. The van der Waals surface area contributed by atoms with Crippen LogP contribution in [0.4, 0.5) is 5.69 Å². The molecule has 5 heteroatoms. The summed E-state index contributed by atoms with van der Waals surface area (Å²) in [4.78, 5) is 12.5. The van der Waals surface area contributed by atoms with Gasteiger partial charge in [0, 0.05) is 11.6 Å². The zero-order valence-corrected chi connectivity index (χ0v) is 16.3. The maximum atomic E-state index is 12.5. The van der Waals surface area contributed by atoms with Gasteiger partial charge in [-0.3, -0.25) is 4.79 Å². The molecule has 27 heavy (non-hydrogen) atoms. The summed E-state index contributed by atoms with van der Waals surface area (Å²) in [7, 11) is 0. The summed E-state index contributed by atoms with van der Waals surface area (Å²) >= 11 is 0. The molecule has 0 radical (unpaired) electrons. The van der Waals surface area contributed by atoms with Gasteiger partial charge in [0.05, 0.1) is 13.2 Å². The minimum Gasteiger partial charge on any atom is -0.372 e. The van der Waals surface area contributed by atoms with Crippen molar-refractivity contribution >= 4 is 24.0 Å². The maximum Gasteiger partial charge on any atom is 0.228 e. The second-order valence-corrected chi connectivity index (χ2v) is 7.53. The largest absolute Gasteiger partial charge is 0.372 e. The molecule has 1 aliphatic carbocycles. The number of nitrogens with one attached hydrogen (secondary N) is 2. The topological polar surface area (TPSA) is 50.4 Å². The Morgan fingerprint density at radius 3 is 2.30 bits per heavy atom. The Morgan fingerprint density at radius 2 is 1.63 bits per heavy atom. The highest BCUT2D eigenvalue weighted by Crippen LogP contribution is 2.58. The number of halogens is 1. The van der Waals surface area contributed by atoms with E-state index in [0.717, 1.165) is 43.6 Å². The zero-order chi connectivity index (χ0) is 17.8. The molecule has 2 fully saturated rings. The van der Waals surface area contributed by atoms with E-state index in [1.807, 2.05) is 42.5 Å². The number of benzene rings is 2. The fourth-order valence-electron chi connectivity index (χ4n) is 3.97. The molecule has 1 amide bonds. The third kappa shape index (κ3) is 4.89. The van der Waals surface area contributed by atoms with Crippen molar-refractivity contribution in [3.63, 3.8) is 0 Å². The number of hydrogen-bond donors (Lipinski definition) is 2. The van der Waals surface area contributed by atoms with Crippen LogP contribution in [0.2, 0.25) is 0 Å². The zero-order valence-electron chi connectivity index (χ0n) is 15.4. The van der Waals surface area contributed by atoms with E-state index in [-0.39, 0.29) is 29.6 Å². The highest BCUT2D eigenvalue weighted by atomic mass is 35.5. The molecule has 1 saturated carbocycles. The summed E-state index contributed by atoms with van der Waals surface area (Å²) in [6.45, 7) is 3.27. The number of anilines is 1. The van der Waals surface area contributed by atoms with Crippen molar-refractivity contribution in [3.05, 3.63) is 65.7 Å². The number of ether oxygens (including phenoxy) is 1. The van der Waals surface area contributed by atoms with Crippen LogP contribution in [-0.4, -0.2) is 19.0 Å². The Kier molecular flexibility index (Phi) is 6.53. The van der Waals surface area contributed by atoms with E-state index in [4.69, 9.17) is 4.74 Å². The van der Waals surface area contributed by atoms with Crippen molar-refractivity contribution in [1.29, 1.82) is 0 Å². The van der Waals surface area contributed by atoms with Crippen LogP contribution in [0.15, 0.2) is 54.6 Å². The molecular formula is C22H27ClN2O2. The van der Waals surface area contributed by atoms with Crippen molar-refractivity contribution in [1.82, 2.24) is 5.32 Å². The molecule has 0 bridgehead atoms. The first kappa shape index (κ1) is 19.9. The average Bonchev–Trinajstić information content (AvgIpc) is 3.37. The Morgan fingerprint density at radius 1 is 1.00 bits per heavy atom. The number of carbonyl (C=O) groups is 1. The summed E-state index contributed by atoms with van der Waals surface area (Å²) in [5.41, 5.74) is 3.44. The molecule has 2 N–H and O–H groups in total. The van der Waals surface area contributed by atoms with Crippen molar-refractivity contribution in [2.75, 3.05) is 18.4 Å². The molecule has 2 aromatic carbocycles. The van der Waals surface area contributed by atoms with Crippen molar-refractivity contribution in [3.8, 4) is 0 Å². The lowest BCUT2D eigenvalue weighted by Gasteiger charge is -2.23. The van der Waals surface area contributed by atoms with Crippen LogP contribution in [0.3, 0.4) is 0 Å². The fourth-order valence-corrected chi connectivity index (χ4v) is 3.97. The van der Waals surface area contributed by atoms with E-state index in [2.05, 4.69) is 22.8 Å². The molecule has 2 aliphatic rings. The normalized spacial score (nSPS) is 19.9. The molecule has 144 valence electrons. The Balaban J connectivity index is 0.00000210. The molecular weight excluding hydrogens is 360 g/mol. The average molecular weight is 387 g/mol. The van der Waals surface area contributed by atoms with Gasteiger partial charge in [0.25, 0.3) is 0 Å². The molecule has 1 aliphatic heterocycles. The minimum absolute atomic E-state index is 0. The second-order valence-electron chi connectivity index (χ2n) is 7.53. The summed E-state index contributed by atoms with van der Waals surface area (Å²) in [6, 6.07) is 18.1.